The largest absolute Gasteiger partial charge is 0.481 e. The first-order valence-electron chi connectivity index (χ1n) is 9.57. The molecule has 1 heterocycles. The molecule has 14 heteroatoms. The molecular formula is C19H21N7O7. The Labute approximate surface area is 186 Å². The van der Waals surface area contributed by atoms with Gasteiger partial charge in [0.1, 0.15) is 11.7 Å². The molecule has 14 nitrogen and oxygen atoms in total. The topological polar surface area (TPSA) is 226 Å². The van der Waals surface area contributed by atoms with Crippen molar-refractivity contribution in [1.82, 2.24) is 20.9 Å². The molecule has 33 heavy (non-hydrogen) atoms. The van der Waals surface area contributed by atoms with Crippen LogP contribution in [0.3, 0.4) is 0 Å². The molecular weight excluding hydrogens is 438 g/mol. The van der Waals surface area contributed by atoms with Gasteiger partial charge in [0.25, 0.3) is 11.8 Å². The Kier molecular flexibility index (Phi) is 8.35. The van der Waals surface area contributed by atoms with Crippen LogP contribution in [0, 0.1) is 0 Å². The van der Waals surface area contributed by atoms with Crippen molar-refractivity contribution in [3.8, 4) is 0 Å². The van der Waals surface area contributed by atoms with Crippen LogP contribution in [0.5, 0.6) is 0 Å². The lowest BCUT2D eigenvalue weighted by molar-refractivity contribution is -0.145. The van der Waals surface area contributed by atoms with Crippen molar-refractivity contribution in [2.45, 2.75) is 31.5 Å². The van der Waals surface area contributed by atoms with E-state index in [0.29, 0.717) is 10.9 Å². The number of carbonyl (C=O) groups excluding carboxylic acids is 3. The van der Waals surface area contributed by atoms with Crippen LogP contribution < -0.4 is 16.0 Å². The van der Waals surface area contributed by atoms with E-state index in [-0.39, 0.29) is 12.2 Å². The summed E-state index contributed by atoms with van der Waals surface area (Å²) >= 11 is 0. The molecule has 1 unspecified atom stereocenters. The number of carbonyl (C=O) groups is 5. The quantitative estimate of drug-likeness (QED) is 0.118. The lowest BCUT2D eigenvalue weighted by Crippen LogP contribution is -2.56. The Morgan fingerprint density at radius 3 is 2.39 bits per heavy atom. The van der Waals surface area contributed by atoms with Crippen molar-refractivity contribution in [1.29, 1.82) is 0 Å². The first-order valence-corrected chi connectivity index (χ1v) is 9.57. The molecule has 3 amide bonds. The number of nitrogens with one attached hydrogen (secondary N) is 4. The molecule has 0 saturated carbocycles. The monoisotopic (exact) mass is 459 g/mol. The number of nitrogens with zero attached hydrogens (tertiary/aromatic N) is 3. The van der Waals surface area contributed by atoms with E-state index in [4.69, 9.17) is 10.6 Å². The lowest BCUT2D eigenvalue weighted by Gasteiger charge is -2.21. The Hall–Kier alpha value is -4.58. The standard InChI is InChI=1S/C19H21N7O7/c1-9(16(29)23-11(7-14(27)28)8-21-26-20)22-18(31)15(19(32)33)25-17(30)13-6-10-4-2-3-5-12(10)24-13/h2-6,9,11,15,24H,7-8H2,1H3,(H,22,31)(H,23,29)(H,25,30)(H,27,28)(H,32,33)/t9-,11-,15?/m0/s1. The van der Waals surface area contributed by atoms with Crippen LogP contribution in [-0.2, 0) is 19.2 Å². The Bertz CT molecular complexity index is 1090. The summed E-state index contributed by atoms with van der Waals surface area (Å²) in [6, 6.07) is 4.12. The fourth-order valence-corrected chi connectivity index (χ4v) is 2.84. The minimum Gasteiger partial charge on any atom is -0.481 e. The SMILES string of the molecule is C[C@H](NC(=O)C(NC(=O)c1cc2ccccc2[nH]1)C(=O)O)C(=O)N[C@H](CN=[N+]=[N-])CC(=O)O. The van der Waals surface area contributed by atoms with E-state index in [1.807, 2.05) is 0 Å². The molecule has 2 rings (SSSR count). The molecule has 6 N–H and O–H groups in total. The summed E-state index contributed by atoms with van der Waals surface area (Å²) in [4.78, 5) is 64.9. The highest BCUT2D eigenvalue weighted by Gasteiger charge is 2.31. The number of rotatable bonds is 11. The molecule has 2 aromatic rings. The third-order valence-electron chi connectivity index (χ3n) is 4.44. The molecule has 1 aromatic carbocycles. The maximum atomic E-state index is 12.4. The third-order valence-corrected chi connectivity index (χ3v) is 4.44. The predicted octanol–water partition coefficient (Wildman–Crippen LogP) is 0.125. The number of fused-ring (bicyclic) bond motifs is 1. The number of H-pyrrole nitrogens is 1. The summed E-state index contributed by atoms with van der Waals surface area (Å²) in [5.41, 5.74) is 9.05. The number of carboxylic acid groups (broad SMARTS) is 2. The van der Waals surface area contributed by atoms with Crippen LogP contribution in [0.2, 0.25) is 0 Å². The minimum atomic E-state index is -2.00. The number of amides is 3. The van der Waals surface area contributed by atoms with Crippen molar-refractivity contribution in [3.63, 3.8) is 0 Å². The molecule has 0 fully saturated rings. The second-order valence-electron chi connectivity index (χ2n) is 6.96. The molecule has 0 saturated heterocycles. The van der Waals surface area contributed by atoms with Gasteiger partial charge in [0, 0.05) is 28.4 Å². The van der Waals surface area contributed by atoms with E-state index in [9.17, 15) is 29.1 Å². The number of aromatic amines is 1. The second kappa shape index (κ2) is 11.2. The summed E-state index contributed by atoms with van der Waals surface area (Å²) in [5.74, 6) is -5.76. The van der Waals surface area contributed by atoms with Crippen LogP contribution >= 0.6 is 0 Å². The fourth-order valence-electron chi connectivity index (χ4n) is 2.84. The highest BCUT2D eigenvalue weighted by molar-refractivity contribution is 6.08. The zero-order valence-corrected chi connectivity index (χ0v) is 17.3. The van der Waals surface area contributed by atoms with Gasteiger partial charge in [-0.2, -0.15) is 0 Å². The number of hydrogen-bond donors (Lipinski definition) is 6. The van der Waals surface area contributed by atoms with Gasteiger partial charge in [-0.15, -0.1) is 0 Å². The van der Waals surface area contributed by atoms with E-state index in [0.717, 1.165) is 0 Å². The van der Waals surface area contributed by atoms with Gasteiger partial charge in [0.15, 0.2) is 0 Å². The van der Waals surface area contributed by atoms with Crippen LogP contribution in [0.25, 0.3) is 21.3 Å². The average molecular weight is 459 g/mol. The number of benzene rings is 1. The smallest absolute Gasteiger partial charge is 0.336 e. The van der Waals surface area contributed by atoms with E-state index in [1.54, 1.807) is 24.3 Å². The molecule has 0 aliphatic rings. The number of carboxylic acids is 2. The van der Waals surface area contributed by atoms with Gasteiger partial charge in [-0.1, -0.05) is 23.3 Å². The Morgan fingerprint density at radius 2 is 1.79 bits per heavy atom. The zero-order chi connectivity index (χ0) is 24.5. The molecule has 1 aromatic heterocycles. The number of aliphatic carboxylic acids is 2. The highest BCUT2D eigenvalue weighted by Crippen LogP contribution is 2.14. The second-order valence-corrected chi connectivity index (χ2v) is 6.96. The van der Waals surface area contributed by atoms with Crippen molar-refractivity contribution in [3.05, 3.63) is 46.5 Å². The number of aromatic nitrogens is 1. The van der Waals surface area contributed by atoms with E-state index < -0.39 is 54.2 Å². The van der Waals surface area contributed by atoms with Crippen LogP contribution in [0.1, 0.15) is 23.8 Å². The first kappa shape index (κ1) is 24.7. The summed E-state index contributed by atoms with van der Waals surface area (Å²) in [5, 5.41) is 28.7. The Morgan fingerprint density at radius 1 is 1.09 bits per heavy atom. The molecule has 0 aliphatic carbocycles. The van der Waals surface area contributed by atoms with Crippen molar-refractivity contribution in [2.75, 3.05) is 6.54 Å². The van der Waals surface area contributed by atoms with Crippen LogP contribution in [0.4, 0.5) is 0 Å². The summed E-state index contributed by atoms with van der Waals surface area (Å²) in [6.45, 7) is 0.893. The minimum absolute atomic E-state index is 0.0376. The summed E-state index contributed by atoms with van der Waals surface area (Å²) < 4.78 is 0. The van der Waals surface area contributed by atoms with Crippen LogP contribution in [0.15, 0.2) is 35.4 Å². The van der Waals surface area contributed by atoms with Crippen molar-refractivity contribution in [2.24, 2.45) is 5.11 Å². The first-order chi connectivity index (χ1) is 15.6. The van der Waals surface area contributed by atoms with E-state index >= 15 is 0 Å². The van der Waals surface area contributed by atoms with E-state index in [2.05, 4.69) is 31.0 Å². The van der Waals surface area contributed by atoms with Gasteiger partial charge in [-0.25, -0.2) is 4.79 Å². The number of para-hydroxylation sites is 1. The molecule has 3 atom stereocenters. The van der Waals surface area contributed by atoms with Crippen molar-refractivity contribution < 1.29 is 34.2 Å². The third kappa shape index (κ3) is 6.97. The maximum absolute atomic E-state index is 12.4. The van der Waals surface area contributed by atoms with E-state index in [1.165, 1.54) is 13.0 Å². The fraction of sp³-hybridized carbons (Fsp3) is 0.316. The highest BCUT2D eigenvalue weighted by atomic mass is 16.4. The molecule has 0 aliphatic heterocycles. The van der Waals surface area contributed by atoms with Gasteiger partial charge in [0.05, 0.1) is 6.42 Å². The van der Waals surface area contributed by atoms with Gasteiger partial charge in [0.2, 0.25) is 11.9 Å². The molecule has 174 valence electrons. The summed E-state index contributed by atoms with van der Waals surface area (Å²) in [7, 11) is 0. The Balaban J connectivity index is 2.03. The molecule has 0 bridgehead atoms. The van der Waals surface area contributed by atoms with Gasteiger partial charge < -0.3 is 31.1 Å². The lowest BCUT2D eigenvalue weighted by atomic mass is 10.1. The zero-order valence-electron chi connectivity index (χ0n) is 17.3. The van der Waals surface area contributed by atoms with Crippen LogP contribution in [-0.4, -0.2) is 69.5 Å². The van der Waals surface area contributed by atoms with Crippen molar-refractivity contribution >= 4 is 40.6 Å². The summed E-state index contributed by atoms with van der Waals surface area (Å²) in [6.07, 6.45) is -0.538. The maximum Gasteiger partial charge on any atom is 0.336 e. The van der Waals surface area contributed by atoms with Gasteiger partial charge in [-0.3, -0.25) is 19.2 Å². The van der Waals surface area contributed by atoms with Gasteiger partial charge >= 0.3 is 11.9 Å². The predicted molar refractivity (Wildman–Crippen MR) is 113 cm³/mol. The molecule has 0 spiro atoms. The number of azide groups is 1. The number of hydrogen-bond acceptors (Lipinski definition) is 6. The normalized spacial score (nSPS) is 13.1. The molecule has 0 radical (unpaired) electrons. The average Bonchev–Trinajstić information content (AvgIpc) is 3.19. The van der Waals surface area contributed by atoms with Gasteiger partial charge in [-0.05, 0) is 24.6 Å².